The predicted octanol–water partition coefficient (Wildman–Crippen LogP) is 3.73. The Morgan fingerprint density at radius 2 is 1.88 bits per heavy atom. The van der Waals surface area contributed by atoms with Crippen molar-refractivity contribution < 1.29 is 19.4 Å². The summed E-state index contributed by atoms with van der Waals surface area (Å²) in [4.78, 5) is 35.4. The van der Waals surface area contributed by atoms with Gasteiger partial charge in [-0.05, 0) is 55.8 Å². The summed E-state index contributed by atoms with van der Waals surface area (Å²) in [5.74, 6) is -0.120. The van der Waals surface area contributed by atoms with Gasteiger partial charge in [-0.15, -0.1) is 0 Å². The van der Waals surface area contributed by atoms with Gasteiger partial charge in [-0.25, -0.2) is 9.97 Å². The highest BCUT2D eigenvalue weighted by Gasteiger charge is 2.37. The molecule has 222 valence electrons. The van der Waals surface area contributed by atoms with E-state index in [2.05, 4.69) is 54.8 Å². The number of aliphatic hydroxyl groups excluding tert-OH is 1. The van der Waals surface area contributed by atoms with E-state index < -0.39 is 6.10 Å². The number of hydrogen-bond donors (Lipinski definition) is 3. The maximum atomic E-state index is 12.4. The molecule has 0 unspecified atom stereocenters. The molecule has 1 fully saturated rings. The predicted molar refractivity (Wildman–Crippen MR) is 159 cm³/mol. The van der Waals surface area contributed by atoms with Crippen LogP contribution >= 0.6 is 0 Å². The number of nitrogens with one attached hydrogen (secondary N) is 1. The van der Waals surface area contributed by atoms with Gasteiger partial charge in [0.2, 0.25) is 11.8 Å². The number of aromatic nitrogens is 3. The van der Waals surface area contributed by atoms with E-state index in [-0.39, 0.29) is 48.4 Å². The number of fused-ring (bicyclic) bond motifs is 1. The first-order valence-electron chi connectivity index (χ1n) is 14.5. The Morgan fingerprint density at radius 3 is 2.56 bits per heavy atom. The van der Waals surface area contributed by atoms with Crippen molar-refractivity contribution in [3.63, 3.8) is 0 Å². The van der Waals surface area contributed by atoms with Crippen molar-refractivity contribution in [2.24, 2.45) is 0 Å². The van der Waals surface area contributed by atoms with Gasteiger partial charge in [0.15, 0.2) is 0 Å². The van der Waals surface area contributed by atoms with Crippen LogP contribution in [0, 0.1) is 0 Å². The standard InChI is InChI=1S/C31H44N6O4/c1-20(2)36(18-25-24(38)17-28(41-25)37-15-13-23-29(32)33-19-34-30(23)37)14-7-6-8-26(39)35-27(40)16-21-9-11-22(12-10-21)31(3,4)5/h9-13,15,19-20,24-25,28,38H,6-8,14,16-18H2,1-5H3,(H2,32,33,34)(H,35,39,40)/t24-,25+,28+/m0/s1. The molecule has 4 rings (SSSR count). The molecule has 0 spiro atoms. The number of amides is 2. The molecule has 0 saturated carbocycles. The van der Waals surface area contributed by atoms with Crippen LogP contribution in [0.5, 0.6) is 0 Å². The zero-order chi connectivity index (χ0) is 29.7. The number of rotatable bonds is 11. The molecule has 1 aliphatic heterocycles. The van der Waals surface area contributed by atoms with Crippen molar-refractivity contribution in [1.29, 1.82) is 0 Å². The van der Waals surface area contributed by atoms with Gasteiger partial charge in [0.1, 0.15) is 24.0 Å². The molecule has 3 aromatic rings. The minimum atomic E-state index is -0.612. The van der Waals surface area contributed by atoms with Crippen LogP contribution in [0.15, 0.2) is 42.9 Å². The third-order valence-corrected chi connectivity index (χ3v) is 7.76. The third-order valence-electron chi connectivity index (χ3n) is 7.76. The number of nitrogens with zero attached hydrogens (tertiary/aromatic N) is 4. The smallest absolute Gasteiger partial charge is 0.230 e. The lowest BCUT2D eigenvalue weighted by molar-refractivity contribution is -0.130. The fourth-order valence-electron chi connectivity index (χ4n) is 5.24. The average Bonchev–Trinajstić information content (AvgIpc) is 3.49. The quantitative estimate of drug-likeness (QED) is 0.300. The molecular formula is C31H44N6O4. The lowest BCUT2D eigenvalue weighted by Crippen LogP contribution is -2.41. The Labute approximate surface area is 242 Å². The minimum Gasteiger partial charge on any atom is -0.390 e. The summed E-state index contributed by atoms with van der Waals surface area (Å²) in [5.41, 5.74) is 8.80. The van der Waals surface area contributed by atoms with E-state index in [4.69, 9.17) is 10.5 Å². The molecule has 0 radical (unpaired) electrons. The van der Waals surface area contributed by atoms with Gasteiger partial charge < -0.3 is 20.1 Å². The second-order valence-electron chi connectivity index (χ2n) is 12.3. The van der Waals surface area contributed by atoms with E-state index in [0.29, 0.717) is 30.9 Å². The number of anilines is 1. The lowest BCUT2D eigenvalue weighted by atomic mass is 9.86. The Balaban J connectivity index is 1.20. The Kier molecular flexibility index (Phi) is 9.78. The normalized spacial score (nSPS) is 19.4. The van der Waals surface area contributed by atoms with E-state index >= 15 is 0 Å². The first kappa shape index (κ1) is 30.6. The lowest BCUT2D eigenvalue weighted by Gasteiger charge is -2.30. The van der Waals surface area contributed by atoms with Crippen LogP contribution in [0.25, 0.3) is 11.0 Å². The van der Waals surface area contributed by atoms with Crippen molar-refractivity contribution in [1.82, 2.24) is 24.8 Å². The molecule has 0 bridgehead atoms. The Hall–Kier alpha value is -3.34. The van der Waals surface area contributed by atoms with Crippen molar-refractivity contribution in [2.45, 2.75) is 96.6 Å². The fraction of sp³-hybridized carbons (Fsp3) is 0.548. The third kappa shape index (κ3) is 7.90. The molecule has 2 amide bonds. The molecule has 10 nitrogen and oxygen atoms in total. The number of nitrogen functional groups attached to an aromatic ring is 1. The van der Waals surface area contributed by atoms with E-state index in [1.54, 1.807) is 0 Å². The maximum Gasteiger partial charge on any atom is 0.230 e. The first-order valence-corrected chi connectivity index (χ1v) is 14.5. The first-order chi connectivity index (χ1) is 19.4. The van der Waals surface area contributed by atoms with Crippen LogP contribution in [0.2, 0.25) is 0 Å². The van der Waals surface area contributed by atoms with Crippen molar-refractivity contribution in [2.75, 3.05) is 18.8 Å². The highest BCUT2D eigenvalue weighted by Crippen LogP contribution is 2.33. The zero-order valence-electron chi connectivity index (χ0n) is 24.8. The molecule has 1 saturated heterocycles. The van der Waals surface area contributed by atoms with Crippen LogP contribution in [0.3, 0.4) is 0 Å². The molecule has 0 aliphatic carbocycles. The van der Waals surface area contributed by atoms with Crippen molar-refractivity contribution >= 4 is 28.7 Å². The van der Waals surface area contributed by atoms with Crippen LogP contribution in [-0.2, 0) is 26.2 Å². The number of carbonyl (C=O) groups is 2. The van der Waals surface area contributed by atoms with E-state index in [0.717, 1.165) is 23.9 Å². The van der Waals surface area contributed by atoms with Gasteiger partial charge in [-0.2, -0.15) is 0 Å². The molecule has 1 aromatic carbocycles. The summed E-state index contributed by atoms with van der Waals surface area (Å²) >= 11 is 0. The van der Waals surface area contributed by atoms with Crippen LogP contribution < -0.4 is 11.1 Å². The summed E-state index contributed by atoms with van der Waals surface area (Å²) in [7, 11) is 0. The number of benzene rings is 1. The van der Waals surface area contributed by atoms with Gasteiger partial charge in [0.05, 0.1) is 24.0 Å². The molecule has 2 aromatic heterocycles. The van der Waals surface area contributed by atoms with E-state index in [1.807, 2.05) is 41.1 Å². The van der Waals surface area contributed by atoms with Gasteiger partial charge in [0, 0.05) is 31.6 Å². The van der Waals surface area contributed by atoms with Crippen LogP contribution in [0.4, 0.5) is 5.82 Å². The number of hydrogen-bond acceptors (Lipinski definition) is 8. The number of imide groups is 1. The monoisotopic (exact) mass is 564 g/mol. The molecule has 4 N–H and O–H groups in total. The van der Waals surface area contributed by atoms with E-state index in [1.165, 1.54) is 11.9 Å². The molecule has 41 heavy (non-hydrogen) atoms. The summed E-state index contributed by atoms with van der Waals surface area (Å²) in [5, 5.41) is 14.1. The fourth-order valence-corrected chi connectivity index (χ4v) is 5.24. The molecule has 3 heterocycles. The Morgan fingerprint density at radius 1 is 1.15 bits per heavy atom. The second kappa shape index (κ2) is 13.1. The van der Waals surface area contributed by atoms with E-state index in [9.17, 15) is 14.7 Å². The van der Waals surface area contributed by atoms with Gasteiger partial charge in [-0.3, -0.25) is 19.8 Å². The van der Waals surface area contributed by atoms with Crippen LogP contribution in [0.1, 0.15) is 77.7 Å². The van der Waals surface area contributed by atoms with Gasteiger partial charge in [0.25, 0.3) is 0 Å². The van der Waals surface area contributed by atoms with Crippen LogP contribution in [-0.4, -0.2) is 67.7 Å². The summed E-state index contributed by atoms with van der Waals surface area (Å²) < 4.78 is 8.18. The minimum absolute atomic E-state index is 0.0532. The number of aliphatic hydroxyl groups is 1. The van der Waals surface area contributed by atoms with Gasteiger partial charge >= 0.3 is 0 Å². The largest absolute Gasteiger partial charge is 0.390 e. The maximum absolute atomic E-state index is 12.4. The summed E-state index contributed by atoms with van der Waals surface area (Å²) in [6, 6.07) is 10.1. The number of nitrogens with two attached hydrogens (primary N) is 1. The zero-order valence-corrected chi connectivity index (χ0v) is 24.8. The average molecular weight is 565 g/mol. The second-order valence-corrected chi connectivity index (χ2v) is 12.3. The Bertz CT molecular complexity index is 1330. The highest BCUT2D eigenvalue weighted by molar-refractivity contribution is 5.96. The molecule has 1 aliphatic rings. The van der Waals surface area contributed by atoms with Crippen molar-refractivity contribution in [3.8, 4) is 0 Å². The number of carbonyl (C=O) groups excluding carboxylic acids is 2. The molecule has 3 atom stereocenters. The number of unbranched alkanes of at least 4 members (excludes halogenated alkanes) is 1. The molecular weight excluding hydrogens is 520 g/mol. The number of ether oxygens (including phenoxy) is 1. The summed E-state index contributed by atoms with van der Waals surface area (Å²) in [6.45, 7) is 12.0. The summed E-state index contributed by atoms with van der Waals surface area (Å²) in [6.07, 6.45) is 4.38. The topological polar surface area (TPSA) is 136 Å². The van der Waals surface area contributed by atoms with Crippen molar-refractivity contribution in [3.05, 3.63) is 54.0 Å². The molecule has 10 heteroatoms. The van der Waals surface area contributed by atoms with Gasteiger partial charge in [-0.1, -0.05) is 45.0 Å². The highest BCUT2D eigenvalue weighted by atomic mass is 16.5. The SMILES string of the molecule is CC(C)N(CCCCC(=O)NC(=O)Cc1ccc(C(C)(C)C)cc1)C[C@H]1O[C@@H](n2ccc3c(N)ncnc32)C[C@@H]1O.